The minimum absolute atomic E-state index is 0.0354. The summed E-state index contributed by atoms with van der Waals surface area (Å²) in [6, 6.07) is 12.4. The fourth-order valence-corrected chi connectivity index (χ4v) is 2.09. The molecule has 0 aliphatic heterocycles. The first-order chi connectivity index (χ1) is 12.2. The van der Waals surface area contributed by atoms with Crippen molar-refractivity contribution >= 4 is 17.5 Å². The van der Waals surface area contributed by atoms with Crippen LogP contribution in [0.15, 0.2) is 48.5 Å². The number of nitrogens with one attached hydrogen (secondary N) is 2. The molecule has 2 aromatic carbocycles. The van der Waals surface area contributed by atoms with Crippen molar-refractivity contribution in [2.24, 2.45) is 0 Å². The molecule has 5 nitrogen and oxygen atoms in total. The Balaban J connectivity index is 1.82. The first-order valence-corrected chi connectivity index (χ1v) is 7.68. The number of amides is 2. The van der Waals surface area contributed by atoms with E-state index in [0.29, 0.717) is 11.3 Å². The molecule has 0 bridgehead atoms. The molecule has 0 fully saturated rings. The fourth-order valence-electron chi connectivity index (χ4n) is 2.09. The summed E-state index contributed by atoms with van der Waals surface area (Å²) in [7, 11) is 0. The monoisotopic (exact) mass is 366 g/mol. The van der Waals surface area contributed by atoms with Gasteiger partial charge in [-0.1, -0.05) is 18.2 Å². The number of rotatable bonds is 6. The number of aryl methyl sites for hydroxylation is 1. The number of ether oxygens (including phenoxy) is 1. The van der Waals surface area contributed by atoms with Gasteiger partial charge in [0.15, 0.2) is 6.61 Å². The van der Waals surface area contributed by atoms with Crippen LogP contribution in [0.3, 0.4) is 0 Å². The first-order valence-electron chi connectivity index (χ1n) is 7.68. The van der Waals surface area contributed by atoms with Gasteiger partial charge in [-0.2, -0.15) is 13.2 Å². The van der Waals surface area contributed by atoms with Gasteiger partial charge >= 0.3 is 6.18 Å². The molecule has 0 radical (unpaired) electrons. The van der Waals surface area contributed by atoms with Gasteiger partial charge in [0.1, 0.15) is 5.75 Å². The molecule has 0 atom stereocenters. The van der Waals surface area contributed by atoms with Crippen molar-refractivity contribution in [3.63, 3.8) is 0 Å². The summed E-state index contributed by atoms with van der Waals surface area (Å²) < 4.78 is 40.8. The van der Waals surface area contributed by atoms with Gasteiger partial charge in [0, 0.05) is 11.3 Å². The topological polar surface area (TPSA) is 67.4 Å². The van der Waals surface area contributed by atoms with Crippen LogP contribution in [-0.4, -0.2) is 31.1 Å². The number of alkyl halides is 3. The van der Waals surface area contributed by atoms with Crippen LogP contribution in [0.5, 0.6) is 5.75 Å². The summed E-state index contributed by atoms with van der Waals surface area (Å²) in [5.41, 5.74) is 1.64. The molecule has 0 aliphatic carbocycles. The highest BCUT2D eigenvalue weighted by Gasteiger charge is 2.28. The smallest absolute Gasteiger partial charge is 0.422 e. The van der Waals surface area contributed by atoms with Gasteiger partial charge in [0.05, 0.1) is 6.54 Å². The number of anilines is 1. The summed E-state index contributed by atoms with van der Waals surface area (Å²) in [5.74, 6) is -0.793. The second-order valence-electron chi connectivity index (χ2n) is 5.47. The minimum atomic E-state index is -4.41. The molecule has 2 amide bonds. The molecule has 0 unspecified atom stereocenters. The zero-order valence-electron chi connectivity index (χ0n) is 13.9. The molecule has 0 heterocycles. The Morgan fingerprint density at radius 3 is 2.31 bits per heavy atom. The molecule has 138 valence electrons. The van der Waals surface area contributed by atoms with Crippen LogP contribution in [-0.2, 0) is 4.79 Å². The highest BCUT2D eigenvalue weighted by molar-refractivity contribution is 6.00. The first kappa shape index (κ1) is 19.3. The SMILES string of the molecule is Cc1ccccc1C(=O)NCC(=O)Nc1ccc(OCC(F)(F)F)cc1. The van der Waals surface area contributed by atoms with E-state index in [1.807, 2.05) is 0 Å². The van der Waals surface area contributed by atoms with Crippen molar-refractivity contribution in [2.75, 3.05) is 18.5 Å². The Bertz CT molecular complexity index is 774. The average molecular weight is 366 g/mol. The lowest BCUT2D eigenvalue weighted by atomic mass is 10.1. The Morgan fingerprint density at radius 1 is 1.04 bits per heavy atom. The van der Waals surface area contributed by atoms with E-state index in [0.717, 1.165) is 5.56 Å². The van der Waals surface area contributed by atoms with Crippen LogP contribution in [0, 0.1) is 6.92 Å². The maximum atomic E-state index is 12.1. The Labute approximate surface area is 148 Å². The van der Waals surface area contributed by atoms with Gasteiger partial charge in [-0.15, -0.1) is 0 Å². The summed E-state index contributed by atoms with van der Waals surface area (Å²) in [5, 5.41) is 5.04. The fraction of sp³-hybridized carbons (Fsp3) is 0.222. The Hall–Kier alpha value is -3.03. The molecule has 0 aromatic heterocycles. The van der Waals surface area contributed by atoms with Gasteiger partial charge in [0.2, 0.25) is 5.91 Å². The molecule has 0 saturated heterocycles. The summed E-state index contributed by atoms with van der Waals surface area (Å²) in [4.78, 5) is 23.9. The summed E-state index contributed by atoms with van der Waals surface area (Å²) in [6.45, 7) is 0.167. The third-order valence-corrected chi connectivity index (χ3v) is 3.34. The van der Waals surface area contributed by atoms with Crippen LogP contribution < -0.4 is 15.4 Å². The third kappa shape index (κ3) is 6.12. The number of carbonyl (C=O) groups excluding carboxylic acids is 2. The molecule has 0 saturated carbocycles. The molecule has 2 rings (SSSR count). The van der Waals surface area contributed by atoms with Crippen molar-refractivity contribution in [1.82, 2.24) is 5.32 Å². The van der Waals surface area contributed by atoms with Crippen LogP contribution in [0.1, 0.15) is 15.9 Å². The number of carbonyl (C=O) groups is 2. The lowest BCUT2D eigenvalue weighted by molar-refractivity contribution is -0.153. The standard InChI is InChI=1S/C18H17F3N2O3/c1-12-4-2-3-5-15(12)17(25)22-10-16(24)23-13-6-8-14(9-7-13)26-11-18(19,20)21/h2-9H,10-11H2,1H3,(H,22,25)(H,23,24). The highest BCUT2D eigenvalue weighted by atomic mass is 19.4. The zero-order valence-corrected chi connectivity index (χ0v) is 13.9. The quantitative estimate of drug-likeness (QED) is 0.824. The lowest BCUT2D eigenvalue weighted by Gasteiger charge is -2.10. The summed E-state index contributed by atoms with van der Waals surface area (Å²) in [6.07, 6.45) is -4.41. The van der Waals surface area contributed by atoms with Crippen molar-refractivity contribution in [1.29, 1.82) is 0 Å². The van der Waals surface area contributed by atoms with Crippen LogP contribution in [0.2, 0.25) is 0 Å². The lowest BCUT2D eigenvalue weighted by Crippen LogP contribution is -2.33. The molecule has 2 N–H and O–H groups in total. The Kier molecular flexibility index (Phi) is 6.21. The maximum Gasteiger partial charge on any atom is 0.422 e. The predicted octanol–water partition coefficient (Wildman–Crippen LogP) is 3.30. The highest BCUT2D eigenvalue weighted by Crippen LogP contribution is 2.20. The molecular formula is C18H17F3N2O3. The van der Waals surface area contributed by atoms with Crippen LogP contribution in [0.4, 0.5) is 18.9 Å². The summed E-state index contributed by atoms with van der Waals surface area (Å²) >= 11 is 0. The molecular weight excluding hydrogens is 349 g/mol. The zero-order chi connectivity index (χ0) is 19.2. The number of halogens is 3. The Morgan fingerprint density at radius 2 is 1.69 bits per heavy atom. The number of hydrogen-bond acceptors (Lipinski definition) is 3. The number of hydrogen-bond donors (Lipinski definition) is 2. The van der Waals surface area contributed by atoms with Gasteiger partial charge in [0.25, 0.3) is 5.91 Å². The van der Waals surface area contributed by atoms with Crippen molar-refractivity contribution in [3.8, 4) is 5.75 Å². The van der Waals surface area contributed by atoms with E-state index in [1.54, 1.807) is 31.2 Å². The van der Waals surface area contributed by atoms with Crippen molar-refractivity contribution < 1.29 is 27.5 Å². The van der Waals surface area contributed by atoms with Gasteiger partial charge in [-0.05, 0) is 42.8 Å². The largest absolute Gasteiger partial charge is 0.484 e. The van der Waals surface area contributed by atoms with E-state index in [9.17, 15) is 22.8 Å². The van der Waals surface area contributed by atoms with Gasteiger partial charge in [-0.25, -0.2) is 0 Å². The van der Waals surface area contributed by atoms with Crippen LogP contribution in [0.25, 0.3) is 0 Å². The van der Waals surface area contributed by atoms with E-state index in [1.165, 1.54) is 24.3 Å². The van der Waals surface area contributed by atoms with Crippen molar-refractivity contribution in [3.05, 3.63) is 59.7 Å². The average Bonchev–Trinajstić information content (AvgIpc) is 2.59. The van der Waals surface area contributed by atoms with Gasteiger partial charge < -0.3 is 15.4 Å². The van der Waals surface area contributed by atoms with E-state index in [-0.39, 0.29) is 18.2 Å². The van der Waals surface area contributed by atoms with Crippen LogP contribution >= 0.6 is 0 Å². The minimum Gasteiger partial charge on any atom is -0.484 e. The van der Waals surface area contributed by atoms with Crippen molar-refractivity contribution in [2.45, 2.75) is 13.1 Å². The second-order valence-corrected chi connectivity index (χ2v) is 5.47. The molecule has 0 spiro atoms. The second kappa shape index (κ2) is 8.37. The van der Waals surface area contributed by atoms with E-state index >= 15 is 0 Å². The molecule has 0 aliphatic rings. The maximum absolute atomic E-state index is 12.1. The van der Waals surface area contributed by atoms with E-state index < -0.39 is 18.7 Å². The van der Waals surface area contributed by atoms with Gasteiger partial charge in [-0.3, -0.25) is 9.59 Å². The molecule has 8 heteroatoms. The normalized spacial score (nSPS) is 10.9. The third-order valence-electron chi connectivity index (χ3n) is 3.34. The predicted molar refractivity (Wildman–Crippen MR) is 90.1 cm³/mol. The van der Waals surface area contributed by atoms with E-state index in [2.05, 4.69) is 15.4 Å². The van der Waals surface area contributed by atoms with E-state index in [4.69, 9.17) is 0 Å². The molecule has 2 aromatic rings. The number of benzene rings is 2. The molecule has 26 heavy (non-hydrogen) atoms.